The van der Waals surface area contributed by atoms with E-state index in [0.29, 0.717) is 23.0 Å². The number of hydrogen-bond acceptors (Lipinski definition) is 6. The van der Waals surface area contributed by atoms with Crippen LogP contribution in [-0.2, 0) is 20.9 Å². The molecule has 3 rings (SSSR count). The van der Waals surface area contributed by atoms with Crippen LogP contribution in [0.2, 0.25) is 0 Å². The quantitative estimate of drug-likeness (QED) is 0.762. The van der Waals surface area contributed by atoms with Gasteiger partial charge in [0.1, 0.15) is 18.8 Å². The summed E-state index contributed by atoms with van der Waals surface area (Å²) >= 11 is 1.46. The molecular formula is C15H15N3O4S. The molecule has 3 heterocycles. The number of rotatable bonds is 4. The highest BCUT2D eigenvalue weighted by Gasteiger charge is 2.23. The molecule has 0 atom stereocenters. The SMILES string of the molecule is Cc1cccn2c(=O)cc(COC(=O)CN3CSCC3=O)nc12. The maximum Gasteiger partial charge on any atom is 0.326 e. The van der Waals surface area contributed by atoms with Crippen LogP contribution in [0.15, 0.2) is 29.2 Å². The van der Waals surface area contributed by atoms with Crippen molar-refractivity contribution >= 4 is 29.3 Å². The van der Waals surface area contributed by atoms with E-state index in [2.05, 4.69) is 4.98 Å². The van der Waals surface area contributed by atoms with Gasteiger partial charge in [-0.2, -0.15) is 0 Å². The molecule has 1 amide bonds. The van der Waals surface area contributed by atoms with Crippen molar-refractivity contribution in [3.63, 3.8) is 0 Å². The first-order valence-corrected chi connectivity index (χ1v) is 8.19. The number of hydrogen-bond donors (Lipinski definition) is 0. The first-order valence-electron chi connectivity index (χ1n) is 7.03. The molecule has 1 saturated heterocycles. The van der Waals surface area contributed by atoms with Crippen LogP contribution in [0.5, 0.6) is 0 Å². The number of carbonyl (C=O) groups is 2. The average Bonchev–Trinajstić information content (AvgIpc) is 2.91. The van der Waals surface area contributed by atoms with Crippen molar-refractivity contribution in [2.75, 3.05) is 18.2 Å². The van der Waals surface area contributed by atoms with Crippen LogP contribution < -0.4 is 5.56 Å². The molecule has 23 heavy (non-hydrogen) atoms. The number of carbonyl (C=O) groups excluding carboxylic acids is 2. The van der Waals surface area contributed by atoms with Crippen molar-refractivity contribution in [1.82, 2.24) is 14.3 Å². The van der Waals surface area contributed by atoms with E-state index >= 15 is 0 Å². The number of thioether (sulfide) groups is 1. The molecular weight excluding hydrogens is 318 g/mol. The van der Waals surface area contributed by atoms with Gasteiger partial charge >= 0.3 is 5.97 Å². The van der Waals surface area contributed by atoms with Crippen LogP contribution in [0.1, 0.15) is 11.3 Å². The molecule has 0 N–H and O–H groups in total. The molecule has 0 radical (unpaired) electrons. The van der Waals surface area contributed by atoms with E-state index in [1.807, 2.05) is 13.0 Å². The summed E-state index contributed by atoms with van der Waals surface area (Å²) in [5.41, 5.74) is 1.56. The number of amides is 1. The number of ether oxygens (including phenoxy) is 1. The van der Waals surface area contributed by atoms with Crippen LogP contribution >= 0.6 is 11.8 Å². The molecule has 1 fully saturated rings. The number of aromatic nitrogens is 2. The Hall–Kier alpha value is -2.35. The van der Waals surface area contributed by atoms with Gasteiger partial charge in [0.2, 0.25) is 5.91 Å². The number of aryl methyl sites for hydroxylation is 1. The summed E-state index contributed by atoms with van der Waals surface area (Å²) in [4.78, 5) is 41.1. The van der Waals surface area contributed by atoms with Crippen LogP contribution in [0, 0.1) is 6.92 Å². The average molecular weight is 333 g/mol. The lowest BCUT2D eigenvalue weighted by Gasteiger charge is -2.13. The predicted molar refractivity (Wildman–Crippen MR) is 85.0 cm³/mol. The Balaban J connectivity index is 1.69. The van der Waals surface area contributed by atoms with Crippen molar-refractivity contribution in [2.24, 2.45) is 0 Å². The van der Waals surface area contributed by atoms with Gasteiger partial charge in [0.15, 0.2) is 0 Å². The first-order chi connectivity index (χ1) is 11.0. The van der Waals surface area contributed by atoms with Crippen LogP contribution in [0.4, 0.5) is 0 Å². The summed E-state index contributed by atoms with van der Waals surface area (Å²) in [5, 5.41) is 0. The van der Waals surface area contributed by atoms with Gasteiger partial charge in [0.25, 0.3) is 5.56 Å². The zero-order valence-electron chi connectivity index (χ0n) is 12.5. The zero-order chi connectivity index (χ0) is 16.4. The highest BCUT2D eigenvalue weighted by atomic mass is 32.2. The number of esters is 1. The predicted octanol–water partition coefficient (Wildman–Crippen LogP) is 0.579. The van der Waals surface area contributed by atoms with Gasteiger partial charge < -0.3 is 9.64 Å². The van der Waals surface area contributed by atoms with Gasteiger partial charge in [0, 0.05) is 12.3 Å². The van der Waals surface area contributed by atoms with E-state index in [0.717, 1.165) is 5.56 Å². The highest BCUT2D eigenvalue weighted by Crippen LogP contribution is 2.14. The monoisotopic (exact) mass is 333 g/mol. The molecule has 0 aromatic carbocycles. The normalized spacial score (nSPS) is 14.5. The van der Waals surface area contributed by atoms with E-state index in [9.17, 15) is 14.4 Å². The summed E-state index contributed by atoms with van der Waals surface area (Å²) in [6.07, 6.45) is 1.64. The summed E-state index contributed by atoms with van der Waals surface area (Å²) < 4.78 is 6.57. The third-order valence-electron chi connectivity index (χ3n) is 3.47. The zero-order valence-corrected chi connectivity index (χ0v) is 13.3. The summed E-state index contributed by atoms with van der Waals surface area (Å²) in [7, 11) is 0. The van der Waals surface area contributed by atoms with Crippen LogP contribution in [0.3, 0.4) is 0 Å². The third kappa shape index (κ3) is 3.37. The Labute approximate surface area is 136 Å². The third-order valence-corrected chi connectivity index (χ3v) is 4.41. The maximum absolute atomic E-state index is 12.0. The Kier molecular flexibility index (Phi) is 4.33. The number of pyridine rings is 1. The summed E-state index contributed by atoms with van der Waals surface area (Å²) in [6.45, 7) is 1.69. The van der Waals surface area contributed by atoms with E-state index < -0.39 is 5.97 Å². The molecule has 0 saturated carbocycles. The smallest absolute Gasteiger partial charge is 0.326 e. The lowest BCUT2D eigenvalue weighted by Crippen LogP contribution is -2.32. The molecule has 7 nitrogen and oxygen atoms in total. The van der Waals surface area contributed by atoms with Gasteiger partial charge in [-0.3, -0.25) is 18.8 Å². The Morgan fingerprint density at radius 1 is 1.43 bits per heavy atom. The number of fused-ring (bicyclic) bond motifs is 1. The lowest BCUT2D eigenvalue weighted by molar-refractivity contribution is -0.149. The topological polar surface area (TPSA) is 81.0 Å². The molecule has 0 bridgehead atoms. The van der Waals surface area contributed by atoms with Crippen molar-refractivity contribution in [3.05, 3.63) is 46.0 Å². The Morgan fingerprint density at radius 3 is 3.00 bits per heavy atom. The Bertz CT molecular complexity index is 833. The molecule has 8 heteroatoms. The van der Waals surface area contributed by atoms with Crippen molar-refractivity contribution in [1.29, 1.82) is 0 Å². The van der Waals surface area contributed by atoms with Gasteiger partial charge in [-0.1, -0.05) is 6.07 Å². The second-order valence-corrected chi connectivity index (χ2v) is 6.16. The second kappa shape index (κ2) is 6.41. The minimum Gasteiger partial charge on any atom is -0.458 e. The summed E-state index contributed by atoms with van der Waals surface area (Å²) in [6, 6.07) is 4.97. The van der Waals surface area contributed by atoms with Gasteiger partial charge in [0.05, 0.1) is 17.3 Å². The second-order valence-electron chi connectivity index (χ2n) is 5.20. The molecule has 1 aliphatic heterocycles. The molecule has 2 aromatic heterocycles. The van der Waals surface area contributed by atoms with E-state index in [1.165, 1.54) is 27.1 Å². The van der Waals surface area contributed by atoms with Gasteiger partial charge in [-0.05, 0) is 18.6 Å². The van der Waals surface area contributed by atoms with E-state index in [4.69, 9.17) is 4.74 Å². The van der Waals surface area contributed by atoms with E-state index in [1.54, 1.807) is 12.3 Å². The van der Waals surface area contributed by atoms with E-state index in [-0.39, 0.29) is 24.6 Å². The van der Waals surface area contributed by atoms with Gasteiger partial charge in [-0.15, -0.1) is 11.8 Å². The molecule has 0 spiro atoms. The maximum atomic E-state index is 12.0. The van der Waals surface area contributed by atoms with Crippen molar-refractivity contribution in [2.45, 2.75) is 13.5 Å². The van der Waals surface area contributed by atoms with Crippen molar-refractivity contribution < 1.29 is 14.3 Å². The molecule has 0 aliphatic carbocycles. The fraction of sp³-hybridized carbons (Fsp3) is 0.333. The van der Waals surface area contributed by atoms with Crippen molar-refractivity contribution in [3.8, 4) is 0 Å². The minimum absolute atomic E-state index is 0.0651. The number of nitrogens with zero attached hydrogens (tertiary/aromatic N) is 3. The molecule has 2 aromatic rings. The van der Waals surface area contributed by atoms with Gasteiger partial charge in [-0.25, -0.2) is 4.98 Å². The minimum atomic E-state index is -0.507. The largest absolute Gasteiger partial charge is 0.458 e. The fourth-order valence-electron chi connectivity index (χ4n) is 2.28. The van der Waals surface area contributed by atoms with Crippen LogP contribution in [0.25, 0.3) is 5.65 Å². The van der Waals surface area contributed by atoms with Crippen LogP contribution in [-0.4, -0.2) is 44.3 Å². The lowest BCUT2D eigenvalue weighted by atomic mass is 10.3. The first kappa shape index (κ1) is 15.5. The Morgan fingerprint density at radius 2 is 2.26 bits per heavy atom. The molecule has 1 aliphatic rings. The standard InChI is InChI=1S/C15H15N3O4S/c1-10-3-2-4-18-12(19)5-11(16-15(10)18)7-22-14(21)6-17-9-23-8-13(17)20/h2-5H,6-9H2,1H3. The molecule has 120 valence electrons. The molecule has 0 unspecified atom stereocenters. The fourth-order valence-corrected chi connectivity index (χ4v) is 3.18. The highest BCUT2D eigenvalue weighted by molar-refractivity contribution is 8.00. The summed E-state index contributed by atoms with van der Waals surface area (Å²) in [5.74, 6) is 0.329.